The largest absolute Gasteiger partial charge is 0.493 e. The van der Waals surface area contributed by atoms with Gasteiger partial charge in [-0.2, -0.15) is 0 Å². The number of carbonyl (C=O) groups is 1. The van der Waals surface area contributed by atoms with Crippen LogP contribution in [0.2, 0.25) is 0 Å². The molecule has 8 heteroatoms. The molecular weight excluding hydrogens is 314 g/mol. The number of fused-ring (bicyclic) bond motifs is 1. The number of nitrogens with zero attached hydrogens (tertiary/aromatic N) is 1. The van der Waals surface area contributed by atoms with E-state index in [1.165, 1.54) is 21.3 Å². The van der Waals surface area contributed by atoms with Gasteiger partial charge in [0.1, 0.15) is 0 Å². The molecule has 0 saturated heterocycles. The van der Waals surface area contributed by atoms with Gasteiger partial charge in [-0.3, -0.25) is 14.7 Å². The van der Waals surface area contributed by atoms with Crippen LogP contribution in [0.15, 0.2) is 16.9 Å². The Labute approximate surface area is 138 Å². The predicted octanol–water partition coefficient (Wildman–Crippen LogP) is 0.927. The van der Waals surface area contributed by atoms with Crippen LogP contribution < -0.4 is 19.8 Å². The molecule has 0 spiro atoms. The van der Waals surface area contributed by atoms with E-state index in [1.807, 2.05) is 0 Å². The number of benzene rings is 1. The number of ether oxygens (including phenoxy) is 3. The van der Waals surface area contributed by atoms with Crippen molar-refractivity contribution in [3.63, 3.8) is 0 Å². The first kappa shape index (κ1) is 16.0. The highest BCUT2D eigenvalue weighted by Crippen LogP contribution is 2.38. The Morgan fingerprint density at radius 2 is 1.75 bits per heavy atom. The Morgan fingerprint density at radius 1 is 1.08 bits per heavy atom. The Hall–Kier alpha value is -2.90. The summed E-state index contributed by atoms with van der Waals surface area (Å²) in [5, 5.41) is 5.40. The SMILES string of the molecule is COc1cc(C(=O)N2CCc3[nH][nH]c(=O)c3C2)cc(OC)c1OC. The maximum absolute atomic E-state index is 12.8. The van der Waals surface area contributed by atoms with Gasteiger partial charge in [-0.1, -0.05) is 0 Å². The van der Waals surface area contributed by atoms with Crippen molar-refractivity contribution in [2.75, 3.05) is 27.9 Å². The highest BCUT2D eigenvalue weighted by atomic mass is 16.5. The normalized spacial score (nSPS) is 13.4. The van der Waals surface area contributed by atoms with Crippen LogP contribution in [0.4, 0.5) is 0 Å². The van der Waals surface area contributed by atoms with E-state index in [2.05, 4.69) is 10.2 Å². The van der Waals surface area contributed by atoms with Crippen molar-refractivity contribution in [1.29, 1.82) is 0 Å². The summed E-state index contributed by atoms with van der Waals surface area (Å²) in [6.45, 7) is 0.792. The first-order valence-electron chi connectivity index (χ1n) is 7.46. The van der Waals surface area contributed by atoms with Crippen LogP contribution in [0.3, 0.4) is 0 Å². The summed E-state index contributed by atoms with van der Waals surface area (Å²) >= 11 is 0. The molecule has 24 heavy (non-hydrogen) atoms. The van der Waals surface area contributed by atoms with Gasteiger partial charge in [0.2, 0.25) is 5.75 Å². The standard InChI is InChI=1S/C16H19N3O5/c1-22-12-6-9(7-13(23-2)14(12)24-3)16(21)19-5-4-11-10(8-19)15(20)18-17-11/h6-7H,4-5,8H2,1-3H3,(H2,17,18,20). The lowest BCUT2D eigenvalue weighted by molar-refractivity contribution is 0.0733. The quantitative estimate of drug-likeness (QED) is 0.867. The van der Waals surface area contributed by atoms with Gasteiger partial charge in [-0.15, -0.1) is 0 Å². The van der Waals surface area contributed by atoms with Crippen molar-refractivity contribution in [3.8, 4) is 17.2 Å². The molecule has 0 atom stereocenters. The Balaban J connectivity index is 1.93. The highest BCUT2D eigenvalue weighted by molar-refractivity contribution is 5.95. The first-order chi connectivity index (χ1) is 11.6. The fourth-order valence-corrected chi connectivity index (χ4v) is 2.88. The smallest absolute Gasteiger partial charge is 0.269 e. The Kier molecular flexibility index (Phi) is 4.20. The molecule has 1 amide bonds. The average Bonchev–Trinajstić information content (AvgIpc) is 3.00. The molecule has 128 valence electrons. The van der Waals surface area contributed by atoms with Crippen molar-refractivity contribution in [3.05, 3.63) is 39.3 Å². The maximum Gasteiger partial charge on any atom is 0.269 e. The van der Waals surface area contributed by atoms with E-state index < -0.39 is 0 Å². The van der Waals surface area contributed by atoms with Crippen molar-refractivity contribution < 1.29 is 19.0 Å². The van der Waals surface area contributed by atoms with Crippen LogP contribution >= 0.6 is 0 Å². The molecule has 1 aliphatic rings. The molecule has 0 radical (unpaired) electrons. The minimum atomic E-state index is -0.194. The molecule has 1 aromatic heterocycles. The van der Waals surface area contributed by atoms with Crippen LogP contribution in [-0.2, 0) is 13.0 Å². The number of nitrogens with one attached hydrogen (secondary N) is 2. The first-order valence-corrected chi connectivity index (χ1v) is 7.46. The molecule has 0 unspecified atom stereocenters. The number of methoxy groups -OCH3 is 3. The number of aromatic nitrogens is 2. The van der Waals surface area contributed by atoms with Crippen LogP contribution in [0.1, 0.15) is 21.6 Å². The van der Waals surface area contributed by atoms with Gasteiger partial charge in [-0.05, 0) is 12.1 Å². The second-order valence-corrected chi connectivity index (χ2v) is 5.43. The Morgan fingerprint density at radius 3 is 2.33 bits per heavy atom. The van der Waals surface area contributed by atoms with Gasteiger partial charge < -0.3 is 24.2 Å². The zero-order valence-corrected chi connectivity index (χ0v) is 13.8. The minimum Gasteiger partial charge on any atom is -0.493 e. The van der Waals surface area contributed by atoms with Crippen LogP contribution in [-0.4, -0.2) is 48.9 Å². The molecule has 1 aliphatic heterocycles. The molecule has 0 aliphatic carbocycles. The van der Waals surface area contributed by atoms with E-state index in [1.54, 1.807) is 17.0 Å². The maximum atomic E-state index is 12.8. The number of rotatable bonds is 4. The fourth-order valence-electron chi connectivity index (χ4n) is 2.88. The summed E-state index contributed by atoms with van der Waals surface area (Å²) < 4.78 is 15.8. The minimum absolute atomic E-state index is 0.188. The third-order valence-electron chi connectivity index (χ3n) is 4.14. The summed E-state index contributed by atoms with van der Waals surface area (Å²) in [4.78, 5) is 26.2. The number of H-pyrrole nitrogens is 2. The lowest BCUT2D eigenvalue weighted by atomic mass is 10.1. The second kappa shape index (κ2) is 6.31. The summed E-state index contributed by atoms with van der Waals surface area (Å²) in [5.41, 5.74) is 1.68. The van der Waals surface area contributed by atoms with Crippen molar-refractivity contribution in [2.24, 2.45) is 0 Å². The molecule has 0 fully saturated rings. The van der Waals surface area contributed by atoms with Crippen LogP contribution in [0, 0.1) is 0 Å². The third kappa shape index (κ3) is 2.60. The zero-order valence-electron chi connectivity index (χ0n) is 13.8. The van der Waals surface area contributed by atoms with Gasteiger partial charge in [0, 0.05) is 24.2 Å². The summed E-state index contributed by atoms with van der Waals surface area (Å²) in [6.07, 6.45) is 0.601. The van der Waals surface area contributed by atoms with E-state index >= 15 is 0 Å². The van der Waals surface area contributed by atoms with Crippen molar-refractivity contribution in [2.45, 2.75) is 13.0 Å². The highest BCUT2D eigenvalue weighted by Gasteiger charge is 2.26. The average molecular weight is 333 g/mol. The fraction of sp³-hybridized carbons (Fsp3) is 0.375. The van der Waals surface area contributed by atoms with Crippen molar-refractivity contribution >= 4 is 5.91 Å². The molecule has 0 saturated carbocycles. The predicted molar refractivity (Wildman–Crippen MR) is 86.0 cm³/mol. The van der Waals surface area contributed by atoms with E-state index in [0.717, 1.165) is 5.69 Å². The van der Waals surface area contributed by atoms with E-state index in [-0.39, 0.29) is 18.0 Å². The van der Waals surface area contributed by atoms with E-state index in [0.29, 0.717) is 41.3 Å². The number of amides is 1. The summed E-state index contributed by atoms with van der Waals surface area (Å²) in [6, 6.07) is 3.22. The number of aromatic amines is 2. The molecule has 3 rings (SSSR count). The van der Waals surface area contributed by atoms with E-state index in [4.69, 9.17) is 14.2 Å². The number of hydrogen-bond acceptors (Lipinski definition) is 5. The van der Waals surface area contributed by atoms with Gasteiger partial charge in [0.15, 0.2) is 11.5 Å². The molecule has 2 N–H and O–H groups in total. The molecule has 0 bridgehead atoms. The van der Waals surface area contributed by atoms with Gasteiger partial charge in [0.25, 0.3) is 11.5 Å². The van der Waals surface area contributed by atoms with Crippen molar-refractivity contribution in [1.82, 2.24) is 15.1 Å². The molecule has 2 heterocycles. The van der Waals surface area contributed by atoms with Gasteiger partial charge >= 0.3 is 0 Å². The summed E-state index contributed by atoms with van der Waals surface area (Å²) in [5.74, 6) is 1.06. The lowest BCUT2D eigenvalue weighted by Crippen LogP contribution is -2.37. The van der Waals surface area contributed by atoms with Crippen LogP contribution in [0.5, 0.6) is 17.2 Å². The third-order valence-corrected chi connectivity index (χ3v) is 4.14. The van der Waals surface area contributed by atoms with Crippen LogP contribution in [0.25, 0.3) is 0 Å². The summed E-state index contributed by atoms with van der Waals surface area (Å²) in [7, 11) is 4.50. The second-order valence-electron chi connectivity index (χ2n) is 5.43. The Bertz CT molecular complexity index is 798. The molecule has 2 aromatic rings. The zero-order chi connectivity index (χ0) is 17.3. The van der Waals surface area contributed by atoms with E-state index in [9.17, 15) is 9.59 Å². The molecule has 8 nitrogen and oxygen atoms in total. The molecule has 1 aromatic carbocycles. The number of hydrogen-bond donors (Lipinski definition) is 2. The lowest BCUT2D eigenvalue weighted by Gasteiger charge is -2.26. The molecular formula is C16H19N3O5. The monoisotopic (exact) mass is 333 g/mol. The van der Waals surface area contributed by atoms with Gasteiger partial charge in [-0.25, -0.2) is 0 Å². The van der Waals surface area contributed by atoms with Gasteiger partial charge in [0.05, 0.1) is 33.4 Å². The topological polar surface area (TPSA) is 96.7 Å². The number of carbonyl (C=O) groups excluding carboxylic acids is 1.